The molecule has 2 spiro atoms. The molecule has 9 aliphatic rings. The summed E-state index contributed by atoms with van der Waals surface area (Å²) >= 11 is 0. The number of aliphatic hydroxyl groups is 9. The summed E-state index contributed by atoms with van der Waals surface area (Å²) in [5.74, 6) is -0.967. The fourth-order valence-corrected chi connectivity index (χ4v) is 16.1. The van der Waals surface area contributed by atoms with E-state index < -0.39 is 115 Å². The van der Waals surface area contributed by atoms with Crippen molar-refractivity contribution in [1.29, 1.82) is 0 Å². The first-order valence-electron chi connectivity index (χ1n) is 24.1. The highest BCUT2D eigenvalue weighted by Crippen LogP contribution is 2.89. The average molecular weight is 929 g/mol. The molecule has 0 amide bonds. The van der Waals surface area contributed by atoms with Crippen molar-refractivity contribution < 1.29 is 88.6 Å². The molecule has 18 heteroatoms. The Hall–Kier alpha value is -1.17. The molecule has 9 N–H and O–H groups in total. The van der Waals surface area contributed by atoms with E-state index in [9.17, 15) is 50.8 Å². The summed E-state index contributed by atoms with van der Waals surface area (Å²) in [5.41, 5.74) is -3.45. The second-order valence-electron chi connectivity index (χ2n) is 23.6. The maximum absolute atomic E-state index is 12.3. The minimum Gasteiger partial charge on any atom is -0.457 e. The fraction of sp³-hybridized carbons (Fsp3) is 0.979. The Morgan fingerprint density at radius 1 is 0.631 bits per heavy atom. The molecule has 0 bridgehead atoms. The van der Waals surface area contributed by atoms with Gasteiger partial charge in [0.1, 0.15) is 48.8 Å². The first kappa shape index (κ1) is 48.8. The first-order chi connectivity index (χ1) is 30.2. The summed E-state index contributed by atoms with van der Waals surface area (Å²) < 4.78 is 49.8. The van der Waals surface area contributed by atoms with E-state index in [-0.39, 0.29) is 65.3 Å². The van der Waals surface area contributed by atoms with Crippen molar-refractivity contribution in [3.63, 3.8) is 0 Å². The van der Waals surface area contributed by atoms with Gasteiger partial charge in [-0.3, -0.25) is 4.79 Å². The Morgan fingerprint density at radius 3 is 1.85 bits per heavy atom. The van der Waals surface area contributed by atoms with Crippen LogP contribution < -0.4 is 0 Å². The van der Waals surface area contributed by atoms with Gasteiger partial charge >= 0.3 is 5.97 Å². The molecule has 372 valence electrons. The maximum Gasteiger partial charge on any atom is 0.303 e. The Bertz CT molecular complexity index is 1780. The lowest BCUT2D eigenvalue weighted by molar-refractivity contribution is -0.359. The van der Waals surface area contributed by atoms with Gasteiger partial charge in [0, 0.05) is 12.8 Å². The molecule has 4 aliphatic heterocycles. The van der Waals surface area contributed by atoms with Crippen LogP contribution in [0.2, 0.25) is 0 Å². The highest BCUT2D eigenvalue weighted by molar-refractivity contribution is 5.66. The normalized spacial score (nSPS) is 56.2. The van der Waals surface area contributed by atoms with E-state index in [0.717, 1.165) is 32.1 Å². The number of rotatable bonds is 9. The van der Waals surface area contributed by atoms with Crippen molar-refractivity contribution in [3.05, 3.63) is 0 Å². The number of fused-ring (bicyclic) bond motifs is 2. The lowest BCUT2D eigenvalue weighted by Gasteiger charge is -2.65. The molecule has 0 unspecified atom stereocenters. The average Bonchev–Trinajstić information content (AvgIpc) is 3.58. The van der Waals surface area contributed by atoms with Crippen molar-refractivity contribution in [3.8, 4) is 0 Å². The number of esters is 1. The summed E-state index contributed by atoms with van der Waals surface area (Å²) in [6.07, 6.45) is -12.5. The molecule has 0 aromatic heterocycles. The molecule has 9 fully saturated rings. The van der Waals surface area contributed by atoms with Crippen LogP contribution >= 0.6 is 0 Å². The molecule has 0 aromatic carbocycles. The molecule has 4 saturated heterocycles. The smallest absolute Gasteiger partial charge is 0.303 e. The number of ether oxygens (including phenoxy) is 8. The molecule has 9 rings (SSSR count). The Labute approximate surface area is 381 Å². The van der Waals surface area contributed by atoms with Gasteiger partial charge in [-0.25, -0.2) is 0 Å². The molecule has 5 saturated carbocycles. The fourth-order valence-electron chi connectivity index (χ4n) is 16.1. The van der Waals surface area contributed by atoms with Gasteiger partial charge in [-0.1, -0.05) is 27.7 Å². The van der Waals surface area contributed by atoms with Crippen molar-refractivity contribution in [1.82, 2.24) is 0 Å². The zero-order valence-corrected chi connectivity index (χ0v) is 39.2. The van der Waals surface area contributed by atoms with Gasteiger partial charge in [0.2, 0.25) is 0 Å². The van der Waals surface area contributed by atoms with Gasteiger partial charge in [-0.2, -0.15) is 0 Å². The zero-order chi connectivity index (χ0) is 47.2. The van der Waals surface area contributed by atoms with Crippen LogP contribution in [0.25, 0.3) is 0 Å². The number of hydrogen-bond acceptors (Lipinski definition) is 18. The summed E-state index contributed by atoms with van der Waals surface area (Å²) in [5, 5.41) is 98.8. The van der Waals surface area contributed by atoms with Gasteiger partial charge in [0.25, 0.3) is 0 Å². The molecule has 0 radical (unpaired) electrons. The second kappa shape index (κ2) is 16.5. The third-order valence-corrected chi connectivity index (χ3v) is 19.2. The third-order valence-electron chi connectivity index (χ3n) is 19.2. The Morgan fingerprint density at radius 2 is 1.25 bits per heavy atom. The number of hydrogen-bond donors (Lipinski definition) is 9. The van der Waals surface area contributed by atoms with Crippen molar-refractivity contribution >= 4 is 5.97 Å². The molecular formula is C47H76O18. The highest BCUT2D eigenvalue weighted by atomic mass is 16.8. The standard InChI is InChI=1S/C47H76O18/c1-21(48)61-26-19-60-40(35(32(26)54)64-39-34(56)31(53)24(51)18-59-39)63-28-10-12-47-20-46(47)14-13-43(6)36(45(8)11-9-29(65-45)42(4,5)57)22(49)16-44(43,7)27(46)15-25(37(47)41(28,2)3)62-38-33(55)30(52)23(50)17-58-38/h22-40,49-57H,9-20H2,1-8H3/t22-,23-,24+,25-,26+,27-,28-,29-,30+,31+,32-,33-,34-,35+,36-,37-,38+,39+,40-,43+,44-,45+,46-,47+/m0/s1. The van der Waals surface area contributed by atoms with Crippen LogP contribution in [0.15, 0.2) is 0 Å². The molecule has 24 atom stereocenters. The van der Waals surface area contributed by atoms with Gasteiger partial charge in [0.05, 0.1) is 55.4 Å². The topological polar surface area (TPSA) is 273 Å². The summed E-state index contributed by atoms with van der Waals surface area (Å²) in [7, 11) is 0. The van der Waals surface area contributed by atoms with Crippen molar-refractivity contribution in [2.45, 2.75) is 223 Å². The third kappa shape index (κ3) is 7.44. The number of aliphatic hydroxyl groups excluding tert-OH is 8. The van der Waals surface area contributed by atoms with Crippen LogP contribution in [0.1, 0.15) is 113 Å². The molecule has 4 heterocycles. The van der Waals surface area contributed by atoms with E-state index in [1.54, 1.807) is 13.8 Å². The SMILES string of the molecule is CC(=O)O[C@@H]1CO[C@@H](O[C@H]2CC[C@]34C[C@]35CC[C@]3(C)[C@@H]([C@@]6(C)CC[C@@H](C(C)(C)O)O6)[C@@H](O)C[C@@]3(C)[C@@H]5C[C@H](O[C@H]3OC[C@H](O)[C@@H](O)[C@@H]3O)[C@H]4C2(C)C)[C@H](O[C@H]2OC[C@@H](O)[C@@H](O)[C@@H]2O)[C@H]1O. The van der Waals surface area contributed by atoms with E-state index >= 15 is 0 Å². The molecule has 0 aromatic rings. The zero-order valence-electron chi connectivity index (χ0n) is 39.2. The van der Waals surface area contributed by atoms with E-state index in [0.29, 0.717) is 25.7 Å². The lowest BCUT2D eigenvalue weighted by Crippen LogP contribution is -2.65. The van der Waals surface area contributed by atoms with Gasteiger partial charge < -0.3 is 83.9 Å². The van der Waals surface area contributed by atoms with Crippen LogP contribution in [0.4, 0.5) is 0 Å². The summed E-state index contributed by atoms with van der Waals surface area (Å²) in [6, 6.07) is 0. The summed E-state index contributed by atoms with van der Waals surface area (Å²) in [4.78, 5) is 12.0. The Kier molecular flexibility index (Phi) is 12.4. The minimum absolute atomic E-state index is 0.0813. The number of carbonyl (C=O) groups excluding carboxylic acids is 1. The molecule has 5 aliphatic carbocycles. The first-order valence-corrected chi connectivity index (χ1v) is 24.1. The van der Waals surface area contributed by atoms with Crippen LogP contribution in [0.5, 0.6) is 0 Å². The van der Waals surface area contributed by atoms with Gasteiger partial charge in [-0.05, 0) is 117 Å². The van der Waals surface area contributed by atoms with Crippen LogP contribution in [0.3, 0.4) is 0 Å². The second-order valence-corrected chi connectivity index (χ2v) is 23.6. The monoisotopic (exact) mass is 929 g/mol. The van der Waals surface area contributed by atoms with Crippen LogP contribution in [-0.4, -0.2) is 181 Å². The van der Waals surface area contributed by atoms with Crippen LogP contribution in [-0.2, 0) is 42.7 Å². The van der Waals surface area contributed by atoms with Gasteiger partial charge in [0.15, 0.2) is 25.0 Å². The number of carbonyl (C=O) groups is 1. The Balaban J connectivity index is 1.03. The molecular weight excluding hydrogens is 852 g/mol. The van der Waals surface area contributed by atoms with E-state index in [2.05, 4.69) is 34.6 Å². The van der Waals surface area contributed by atoms with E-state index in [4.69, 9.17) is 37.9 Å². The lowest BCUT2D eigenvalue weighted by atomic mass is 9.41. The van der Waals surface area contributed by atoms with E-state index in [1.165, 1.54) is 6.92 Å². The van der Waals surface area contributed by atoms with E-state index in [1.807, 2.05) is 0 Å². The summed E-state index contributed by atoms with van der Waals surface area (Å²) in [6.45, 7) is 15.0. The molecule has 65 heavy (non-hydrogen) atoms. The quantitative estimate of drug-likeness (QED) is 0.112. The van der Waals surface area contributed by atoms with Crippen LogP contribution in [0, 0.1) is 44.8 Å². The van der Waals surface area contributed by atoms with Crippen molar-refractivity contribution in [2.75, 3.05) is 19.8 Å². The predicted octanol–water partition coefficient (Wildman–Crippen LogP) is 0.397. The van der Waals surface area contributed by atoms with Gasteiger partial charge in [-0.15, -0.1) is 0 Å². The van der Waals surface area contributed by atoms with Crippen molar-refractivity contribution in [2.24, 2.45) is 44.8 Å². The maximum atomic E-state index is 12.3. The molecule has 18 nitrogen and oxygen atoms in total. The largest absolute Gasteiger partial charge is 0.457 e. The minimum atomic E-state index is -1.68. The highest BCUT2D eigenvalue weighted by Gasteiger charge is 2.85. The predicted molar refractivity (Wildman–Crippen MR) is 224 cm³/mol.